The molecule has 2 rings (SSSR count). The quantitative estimate of drug-likeness (QED) is 0.795. The summed E-state index contributed by atoms with van der Waals surface area (Å²) in [5.74, 6) is 0.362. The molecule has 2 amide bonds. The van der Waals surface area contributed by atoms with Crippen LogP contribution in [0.2, 0.25) is 5.02 Å². The van der Waals surface area contributed by atoms with Crippen LogP contribution in [0.25, 0.3) is 0 Å². The Labute approximate surface area is 98.9 Å². The molecule has 0 radical (unpaired) electrons. The van der Waals surface area contributed by atoms with Crippen LogP contribution in [0.3, 0.4) is 0 Å². The topological polar surface area (TPSA) is 50.4 Å². The number of hydrogen-bond acceptors (Lipinski definition) is 2. The lowest BCUT2D eigenvalue weighted by Gasteiger charge is -2.05. The number of benzene rings is 1. The molecule has 2 N–H and O–H groups in total. The van der Waals surface area contributed by atoms with Crippen molar-refractivity contribution in [1.82, 2.24) is 10.8 Å². The predicted octanol–water partition coefficient (Wildman–Crippen LogP) is 2.06. The molecule has 0 aromatic heterocycles. The van der Waals surface area contributed by atoms with E-state index in [1.54, 1.807) is 0 Å². The number of amides is 2. The minimum atomic E-state index is -0.308. The van der Waals surface area contributed by atoms with Crippen LogP contribution in [0.4, 0.5) is 4.79 Å². The predicted molar refractivity (Wildman–Crippen MR) is 61.3 cm³/mol. The van der Waals surface area contributed by atoms with Gasteiger partial charge in [-0.25, -0.2) is 10.3 Å². The Morgan fingerprint density at radius 1 is 1.56 bits per heavy atom. The summed E-state index contributed by atoms with van der Waals surface area (Å²) in [5, 5.41) is 3.53. The zero-order valence-electron chi connectivity index (χ0n) is 8.87. The van der Waals surface area contributed by atoms with Gasteiger partial charge in [0.15, 0.2) is 0 Å². The first-order valence-corrected chi connectivity index (χ1v) is 5.43. The van der Waals surface area contributed by atoms with Gasteiger partial charge in [-0.1, -0.05) is 23.7 Å². The van der Waals surface area contributed by atoms with Gasteiger partial charge in [-0.05, 0) is 24.1 Å². The zero-order valence-corrected chi connectivity index (χ0v) is 9.62. The Morgan fingerprint density at radius 3 is 3.06 bits per heavy atom. The van der Waals surface area contributed by atoms with E-state index in [-0.39, 0.29) is 12.1 Å². The maximum atomic E-state index is 11.2. The second-order valence-electron chi connectivity index (χ2n) is 3.78. The molecule has 0 aliphatic heterocycles. The number of nitrogens with one attached hydrogen (secondary N) is 2. The third-order valence-electron chi connectivity index (χ3n) is 2.58. The molecule has 1 aliphatic rings. The highest BCUT2D eigenvalue weighted by molar-refractivity contribution is 6.30. The van der Waals surface area contributed by atoms with Crippen molar-refractivity contribution in [3.8, 4) is 0 Å². The van der Waals surface area contributed by atoms with Crippen molar-refractivity contribution in [3.05, 3.63) is 34.9 Å². The molecule has 0 bridgehead atoms. The highest BCUT2D eigenvalue weighted by Crippen LogP contribution is 2.41. The van der Waals surface area contributed by atoms with Gasteiger partial charge in [0.25, 0.3) is 0 Å². The highest BCUT2D eigenvalue weighted by atomic mass is 35.5. The Bertz CT molecular complexity index is 397. The lowest BCUT2D eigenvalue weighted by molar-refractivity contribution is 0.107. The lowest BCUT2D eigenvalue weighted by Crippen LogP contribution is -2.36. The fourth-order valence-corrected chi connectivity index (χ4v) is 1.95. The van der Waals surface area contributed by atoms with Gasteiger partial charge in [-0.3, -0.25) is 4.84 Å². The SMILES string of the molecule is CONC(=O)N[C@@H]1C[C@@H]1c1cccc(Cl)c1. The maximum absolute atomic E-state index is 11.2. The third kappa shape index (κ3) is 2.65. The molecule has 1 aromatic rings. The van der Waals surface area contributed by atoms with Crippen molar-refractivity contribution in [3.63, 3.8) is 0 Å². The molecule has 1 aromatic carbocycles. The van der Waals surface area contributed by atoms with Crippen molar-refractivity contribution in [2.45, 2.75) is 18.4 Å². The minimum Gasteiger partial charge on any atom is -0.333 e. The van der Waals surface area contributed by atoms with Crippen LogP contribution in [0.5, 0.6) is 0 Å². The van der Waals surface area contributed by atoms with Crippen molar-refractivity contribution >= 4 is 17.6 Å². The van der Waals surface area contributed by atoms with Gasteiger partial charge in [-0.15, -0.1) is 0 Å². The van der Waals surface area contributed by atoms with Crippen LogP contribution in [0.15, 0.2) is 24.3 Å². The molecule has 1 aliphatic carbocycles. The first-order chi connectivity index (χ1) is 7.70. The molecule has 0 saturated heterocycles. The lowest BCUT2D eigenvalue weighted by atomic mass is 10.1. The van der Waals surface area contributed by atoms with E-state index in [0.29, 0.717) is 5.92 Å². The maximum Gasteiger partial charge on any atom is 0.338 e. The number of urea groups is 1. The first-order valence-electron chi connectivity index (χ1n) is 5.05. The van der Waals surface area contributed by atoms with Gasteiger partial charge < -0.3 is 5.32 Å². The summed E-state index contributed by atoms with van der Waals surface area (Å²) < 4.78 is 0. The summed E-state index contributed by atoms with van der Waals surface area (Å²) in [6, 6.07) is 7.58. The minimum absolute atomic E-state index is 0.175. The summed E-state index contributed by atoms with van der Waals surface area (Å²) in [5.41, 5.74) is 3.39. The monoisotopic (exact) mass is 240 g/mol. The average Bonchev–Trinajstić information content (AvgIpc) is 2.97. The van der Waals surface area contributed by atoms with Crippen LogP contribution in [-0.4, -0.2) is 19.2 Å². The van der Waals surface area contributed by atoms with Crippen molar-refractivity contribution in [2.24, 2.45) is 0 Å². The van der Waals surface area contributed by atoms with E-state index in [1.807, 2.05) is 24.3 Å². The van der Waals surface area contributed by atoms with Gasteiger partial charge in [0.2, 0.25) is 0 Å². The van der Waals surface area contributed by atoms with Gasteiger partial charge >= 0.3 is 6.03 Å². The molecule has 0 spiro atoms. The average molecular weight is 241 g/mol. The summed E-state index contributed by atoms with van der Waals surface area (Å²) in [6.45, 7) is 0. The van der Waals surface area contributed by atoms with E-state index in [4.69, 9.17) is 11.6 Å². The van der Waals surface area contributed by atoms with Gasteiger partial charge in [0, 0.05) is 17.0 Å². The van der Waals surface area contributed by atoms with Gasteiger partial charge in [0.05, 0.1) is 7.11 Å². The number of hydrogen-bond donors (Lipinski definition) is 2. The molecule has 1 saturated carbocycles. The Balaban J connectivity index is 1.89. The summed E-state index contributed by atoms with van der Waals surface area (Å²) in [7, 11) is 1.40. The summed E-state index contributed by atoms with van der Waals surface area (Å²) in [6.07, 6.45) is 0.942. The van der Waals surface area contributed by atoms with Crippen molar-refractivity contribution < 1.29 is 9.63 Å². The second-order valence-corrected chi connectivity index (χ2v) is 4.22. The van der Waals surface area contributed by atoms with E-state index < -0.39 is 0 Å². The molecule has 0 heterocycles. The third-order valence-corrected chi connectivity index (χ3v) is 2.81. The number of carbonyl (C=O) groups excluding carboxylic acids is 1. The van der Waals surface area contributed by atoms with Gasteiger partial charge in [0.1, 0.15) is 0 Å². The fraction of sp³-hybridized carbons (Fsp3) is 0.364. The molecule has 5 heteroatoms. The smallest absolute Gasteiger partial charge is 0.333 e. The van der Waals surface area contributed by atoms with E-state index in [9.17, 15) is 4.79 Å². The van der Waals surface area contributed by atoms with Crippen LogP contribution < -0.4 is 10.8 Å². The van der Waals surface area contributed by atoms with Crippen molar-refractivity contribution in [2.75, 3.05) is 7.11 Å². The second kappa shape index (κ2) is 4.72. The van der Waals surface area contributed by atoms with Crippen molar-refractivity contribution in [1.29, 1.82) is 0 Å². The molecule has 16 heavy (non-hydrogen) atoms. The van der Waals surface area contributed by atoms with Crippen LogP contribution in [-0.2, 0) is 4.84 Å². The fourth-order valence-electron chi connectivity index (χ4n) is 1.75. The number of hydroxylamine groups is 1. The Kier molecular flexibility index (Phi) is 3.31. The number of carbonyl (C=O) groups is 1. The highest BCUT2D eigenvalue weighted by Gasteiger charge is 2.39. The van der Waals surface area contributed by atoms with Crippen LogP contribution in [0, 0.1) is 0 Å². The Morgan fingerprint density at radius 2 is 2.38 bits per heavy atom. The zero-order chi connectivity index (χ0) is 11.5. The number of halogens is 1. The van der Waals surface area contributed by atoms with E-state index in [0.717, 1.165) is 17.0 Å². The molecular formula is C11H13ClN2O2. The first kappa shape index (κ1) is 11.2. The molecule has 1 fully saturated rings. The summed E-state index contributed by atoms with van der Waals surface area (Å²) >= 11 is 5.90. The van der Waals surface area contributed by atoms with Gasteiger partial charge in [-0.2, -0.15) is 0 Å². The molecule has 0 unspecified atom stereocenters. The Hall–Kier alpha value is -1.26. The van der Waals surface area contributed by atoms with Crippen LogP contribution >= 0.6 is 11.6 Å². The van der Waals surface area contributed by atoms with E-state index in [1.165, 1.54) is 7.11 Å². The molecule has 2 atom stereocenters. The van der Waals surface area contributed by atoms with E-state index in [2.05, 4.69) is 15.6 Å². The van der Waals surface area contributed by atoms with E-state index >= 15 is 0 Å². The van der Waals surface area contributed by atoms with Crippen LogP contribution in [0.1, 0.15) is 17.9 Å². The normalized spacial score (nSPS) is 22.6. The molecular weight excluding hydrogens is 228 g/mol. The standard InChI is InChI=1S/C11H13ClN2O2/c1-16-14-11(15)13-10-6-9(10)7-3-2-4-8(12)5-7/h2-5,9-10H,6H2,1H3,(H2,13,14,15)/t9-,10-/m1/s1. The molecule has 4 nitrogen and oxygen atoms in total. The molecule has 86 valence electrons. The summed E-state index contributed by atoms with van der Waals surface area (Å²) in [4.78, 5) is 15.7. The number of rotatable bonds is 3. The largest absolute Gasteiger partial charge is 0.338 e.